The Labute approximate surface area is 108 Å². The number of nitrogens with two attached hydrogens (primary N) is 1. The van der Waals surface area contributed by atoms with Gasteiger partial charge in [0.2, 0.25) is 5.75 Å². The highest BCUT2D eigenvalue weighted by molar-refractivity contribution is 5.89. The van der Waals surface area contributed by atoms with Gasteiger partial charge in [0, 0.05) is 24.1 Å². The smallest absolute Gasteiger partial charge is 0.335 e. The number of benzene rings is 1. The SMILES string of the molecule is Cl.N[C@@H]1CCOc2c1cc(C(=O)O)cc2[N+](=O)[O-]. The van der Waals surface area contributed by atoms with Gasteiger partial charge in [-0.05, 0) is 6.07 Å². The number of nitrogens with zero attached hydrogens (tertiary/aromatic N) is 1. The number of aromatic carboxylic acids is 1. The fourth-order valence-corrected chi connectivity index (χ4v) is 1.77. The number of nitro benzene ring substituents is 1. The molecule has 0 bridgehead atoms. The van der Waals surface area contributed by atoms with Crippen molar-refractivity contribution in [2.24, 2.45) is 5.73 Å². The van der Waals surface area contributed by atoms with Gasteiger partial charge in [-0.3, -0.25) is 10.1 Å². The van der Waals surface area contributed by atoms with E-state index < -0.39 is 16.9 Å². The van der Waals surface area contributed by atoms with Gasteiger partial charge in [-0.1, -0.05) is 0 Å². The lowest BCUT2D eigenvalue weighted by Gasteiger charge is -2.22. The van der Waals surface area contributed by atoms with Gasteiger partial charge < -0.3 is 15.6 Å². The molecule has 0 saturated carbocycles. The fraction of sp³-hybridized carbons (Fsp3) is 0.300. The molecule has 0 radical (unpaired) electrons. The zero-order valence-electron chi connectivity index (χ0n) is 9.16. The van der Waals surface area contributed by atoms with Crippen molar-refractivity contribution in [3.8, 4) is 5.75 Å². The summed E-state index contributed by atoms with van der Waals surface area (Å²) in [5.41, 5.74) is 5.66. The Morgan fingerprint density at radius 3 is 2.78 bits per heavy atom. The molecule has 8 heteroatoms. The number of fused-ring (bicyclic) bond motifs is 1. The second-order valence-electron chi connectivity index (χ2n) is 3.72. The van der Waals surface area contributed by atoms with Crippen LogP contribution in [-0.2, 0) is 0 Å². The minimum absolute atomic E-state index is 0. The molecule has 1 aromatic carbocycles. The van der Waals surface area contributed by atoms with Crippen LogP contribution in [0.2, 0.25) is 0 Å². The highest BCUT2D eigenvalue weighted by atomic mass is 35.5. The summed E-state index contributed by atoms with van der Waals surface area (Å²) in [5, 5.41) is 19.7. The van der Waals surface area contributed by atoms with Crippen LogP contribution in [0, 0.1) is 10.1 Å². The molecule has 0 amide bonds. The van der Waals surface area contributed by atoms with E-state index in [0.29, 0.717) is 18.6 Å². The van der Waals surface area contributed by atoms with Crippen LogP contribution in [0.1, 0.15) is 28.4 Å². The van der Waals surface area contributed by atoms with Gasteiger partial charge in [-0.2, -0.15) is 0 Å². The molecule has 18 heavy (non-hydrogen) atoms. The number of rotatable bonds is 2. The molecule has 0 spiro atoms. The first-order valence-corrected chi connectivity index (χ1v) is 4.94. The maximum absolute atomic E-state index is 10.9. The molecule has 7 nitrogen and oxygen atoms in total. The third kappa shape index (κ3) is 2.36. The van der Waals surface area contributed by atoms with Gasteiger partial charge in [0.1, 0.15) is 0 Å². The van der Waals surface area contributed by atoms with E-state index in [2.05, 4.69) is 0 Å². The van der Waals surface area contributed by atoms with Crippen LogP contribution >= 0.6 is 12.4 Å². The summed E-state index contributed by atoms with van der Waals surface area (Å²) in [6.07, 6.45) is 0.507. The number of nitro groups is 1. The van der Waals surface area contributed by atoms with Crippen molar-refractivity contribution in [2.45, 2.75) is 12.5 Å². The summed E-state index contributed by atoms with van der Waals surface area (Å²) in [6.45, 7) is 0.293. The molecule has 0 aromatic heterocycles. The van der Waals surface area contributed by atoms with E-state index in [1.807, 2.05) is 0 Å². The minimum atomic E-state index is -1.23. The molecule has 1 aromatic rings. The Morgan fingerprint density at radius 2 is 2.22 bits per heavy atom. The number of hydrogen-bond acceptors (Lipinski definition) is 5. The fourth-order valence-electron chi connectivity index (χ4n) is 1.77. The molecular formula is C10H11ClN2O5. The predicted octanol–water partition coefficient (Wildman–Crippen LogP) is 1.50. The van der Waals surface area contributed by atoms with Gasteiger partial charge >= 0.3 is 11.7 Å². The highest BCUT2D eigenvalue weighted by Crippen LogP contribution is 2.39. The molecule has 0 saturated heterocycles. The Hall–Kier alpha value is -1.86. The summed E-state index contributed by atoms with van der Waals surface area (Å²) < 4.78 is 5.21. The normalized spacial score (nSPS) is 17.1. The largest absolute Gasteiger partial charge is 0.487 e. The Kier molecular flexibility index (Phi) is 4.10. The van der Waals surface area contributed by atoms with Gasteiger partial charge in [-0.25, -0.2) is 4.79 Å². The maximum atomic E-state index is 10.9. The minimum Gasteiger partial charge on any atom is -0.487 e. The summed E-state index contributed by atoms with van der Waals surface area (Å²) in [7, 11) is 0. The summed E-state index contributed by atoms with van der Waals surface area (Å²) in [4.78, 5) is 21.0. The van der Waals surface area contributed by atoms with Crippen molar-refractivity contribution in [2.75, 3.05) is 6.61 Å². The third-order valence-corrected chi connectivity index (χ3v) is 2.62. The summed E-state index contributed by atoms with van der Waals surface area (Å²) in [6, 6.07) is 1.88. The maximum Gasteiger partial charge on any atom is 0.335 e. The van der Waals surface area contributed by atoms with E-state index >= 15 is 0 Å². The zero-order chi connectivity index (χ0) is 12.6. The molecule has 2 rings (SSSR count). The van der Waals surface area contributed by atoms with Crippen LogP contribution in [-0.4, -0.2) is 22.6 Å². The molecule has 3 N–H and O–H groups in total. The van der Waals surface area contributed by atoms with Crippen LogP contribution in [0.3, 0.4) is 0 Å². The molecule has 1 atom stereocenters. The van der Waals surface area contributed by atoms with Crippen LogP contribution in [0.15, 0.2) is 12.1 Å². The first kappa shape index (κ1) is 14.2. The van der Waals surface area contributed by atoms with E-state index in [0.717, 1.165) is 6.07 Å². The second kappa shape index (κ2) is 5.19. The lowest BCUT2D eigenvalue weighted by Crippen LogP contribution is -2.22. The standard InChI is InChI=1S/C10H10N2O5.ClH/c11-7-1-2-17-9-6(7)3-5(10(13)14)4-8(9)12(15)16;/h3-4,7H,1-2,11H2,(H,13,14);1H/t7-;/m1./s1. The average Bonchev–Trinajstić information content (AvgIpc) is 2.28. The lowest BCUT2D eigenvalue weighted by molar-refractivity contribution is -0.386. The van der Waals surface area contributed by atoms with Crippen LogP contribution in [0.5, 0.6) is 5.75 Å². The van der Waals surface area contributed by atoms with Crippen molar-refractivity contribution in [3.63, 3.8) is 0 Å². The van der Waals surface area contributed by atoms with Crippen molar-refractivity contribution in [1.82, 2.24) is 0 Å². The lowest BCUT2D eigenvalue weighted by atomic mass is 9.98. The third-order valence-electron chi connectivity index (χ3n) is 2.62. The van der Waals surface area contributed by atoms with Crippen molar-refractivity contribution >= 4 is 24.1 Å². The van der Waals surface area contributed by atoms with E-state index in [1.165, 1.54) is 6.07 Å². The van der Waals surface area contributed by atoms with E-state index in [1.54, 1.807) is 0 Å². The first-order chi connectivity index (χ1) is 8.00. The number of halogens is 1. The molecule has 1 aliphatic heterocycles. The Balaban J connectivity index is 0.00000162. The number of carboxylic acids is 1. The van der Waals surface area contributed by atoms with Crippen LogP contribution in [0.4, 0.5) is 5.69 Å². The molecule has 0 aliphatic carbocycles. The monoisotopic (exact) mass is 274 g/mol. The van der Waals surface area contributed by atoms with Gasteiger partial charge in [0.15, 0.2) is 0 Å². The topological polar surface area (TPSA) is 116 Å². The van der Waals surface area contributed by atoms with Gasteiger partial charge in [0.05, 0.1) is 17.1 Å². The molecule has 0 unspecified atom stereocenters. The molecule has 1 aliphatic rings. The molecule has 98 valence electrons. The van der Waals surface area contributed by atoms with E-state index in [-0.39, 0.29) is 29.4 Å². The van der Waals surface area contributed by atoms with E-state index in [9.17, 15) is 14.9 Å². The van der Waals surface area contributed by atoms with E-state index in [4.69, 9.17) is 15.6 Å². The Morgan fingerprint density at radius 1 is 1.56 bits per heavy atom. The van der Waals surface area contributed by atoms with Crippen molar-refractivity contribution < 1.29 is 19.6 Å². The number of carbonyl (C=O) groups is 1. The first-order valence-electron chi connectivity index (χ1n) is 4.94. The summed E-state index contributed by atoms with van der Waals surface area (Å²) >= 11 is 0. The second-order valence-corrected chi connectivity index (χ2v) is 3.72. The number of ether oxygens (including phenoxy) is 1. The van der Waals surface area contributed by atoms with Crippen LogP contribution in [0.25, 0.3) is 0 Å². The predicted molar refractivity (Wildman–Crippen MR) is 64.3 cm³/mol. The number of hydrogen-bond donors (Lipinski definition) is 2. The Bertz CT molecular complexity index is 505. The summed E-state index contributed by atoms with van der Waals surface area (Å²) in [5.74, 6) is -1.15. The van der Waals surface area contributed by atoms with Gasteiger partial charge in [0.25, 0.3) is 0 Å². The zero-order valence-corrected chi connectivity index (χ0v) is 9.98. The highest BCUT2D eigenvalue weighted by Gasteiger charge is 2.29. The molecular weight excluding hydrogens is 264 g/mol. The molecule has 1 heterocycles. The average molecular weight is 275 g/mol. The van der Waals surface area contributed by atoms with Crippen molar-refractivity contribution in [1.29, 1.82) is 0 Å². The number of carboxylic acid groups (broad SMARTS) is 1. The van der Waals surface area contributed by atoms with Crippen molar-refractivity contribution in [3.05, 3.63) is 33.4 Å². The quantitative estimate of drug-likeness (QED) is 0.623. The van der Waals surface area contributed by atoms with Gasteiger partial charge in [-0.15, -0.1) is 12.4 Å². The molecule has 0 fully saturated rings. The van der Waals surface area contributed by atoms with Crippen LogP contribution < -0.4 is 10.5 Å².